The van der Waals surface area contributed by atoms with Gasteiger partial charge in [-0.25, -0.2) is 12.8 Å². The van der Waals surface area contributed by atoms with Crippen LogP contribution in [0.15, 0.2) is 75.8 Å². The first kappa shape index (κ1) is 20.7. The molecule has 0 radical (unpaired) electrons. The number of amides is 1. The molecule has 0 spiro atoms. The lowest BCUT2D eigenvalue weighted by atomic mass is 9.88. The fourth-order valence-electron chi connectivity index (χ4n) is 3.87. The van der Waals surface area contributed by atoms with Gasteiger partial charge in [0, 0.05) is 24.3 Å². The summed E-state index contributed by atoms with van der Waals surface area (Å²) in [6.45, 7) is 0. The first-order valence-corrected chi connectivity index (χ1v) is 11.7. The first-order valence-electron chi connectivity index (χ1n) is 9.38. The van der Waals surface area contributed by atoms with E-state index in [1.165, 1.54) is 23.1 Å². The van der Waals surface area contributed by atoms with E-state index in [0.717, 1.165) is 29.0 Å². The Morgan fingerprint density at radius 3 is 2.40 bits per heavy atom. The van der Waals surface area contributed by atoms with E-state index in [4.69, 9.17) is 0 Å². The number of thiophene rings is 1. The zero-order chi connectivity index (χ0) is 21.5. The SMILES string of the molecule is CN1C(=O)C[C@H](c2ccccc2)[C@@H]1C(O)c1ccc(S(=O)(=O)c2ccc(F)cc2)s1. The molecule has 8 heteroatoms. The molecule has 1 saturated heterocycles. The summed E-state index contributed by atoms with van der Waals surface area (Å²) in [5.41, 5.74) is 0.954. The number of likely N-dealkylation sites (N-methyl/N-ethyl adjacent to an activating group) is 1. The highest BCUT2D eigenvalue weighted by Crippen LogP contribution is 2.42. The van der Waals surface area contributed by atoms with Crippen molar-refractivity contribution in [1.29, 1.82) is 0 Å². The molecule has 0 bridgehead atoms. The van der Waals surface area contributed by atoms with Crippen molar-refractivity contribution in [3.63, 3.8) is 0 Å². The van der Waals surface area contributed by atoms with Crippen molar-refractivity contribution in [3.8, 4) is 0 Å². The molecule has 0 saturated carbocycles. The van der Waals surface area contributed by atoms with Gasteiger partial charge in [0.25, 0.3) is 0 Å². The fraction of sp³-hybridized carbons (Fsp3) is 0.227. The molecular weight excluding hydrogens is 425 g/mol. The van der Waals surface area contributed by atoms with E-state index in [9.17, 15) is 22.7 Å². The number of halogens is 1. The molecule has 4 rings (SSSR count). The molecule has 1 aromatic heterocycles. The average Bonchev–Trinajstić information content (AvgIpc) is 3.35. The van der Waals surface area contributed by atoms with E-state index in [1.807, 2.05) is 30.3 Å². The quantitative estimate of drug-likeness (QED) is 0.607. The van der Waals surface area contributed by atoms with Gasteiger partial charge in [0.2, 0.25) is 15.7 Å². The molecule has 30 heavy (non-hydrogen) atoms. The van der Waals surface area contributed by atoms with Crippen LogP contribution in [0.5, 0.6) is 0 Å². The highest BCUT2D eigenvalue weighted by molar-refractivity contribution is 7.93. The second kappa shape index (κ2) is 7.94. The Labute approximate surface area is 178 Å². The van der Waals surface area contributed by atoms with E-state index >= 15 is 0 Å². The van der Waals surface area contributed by atoms with Crippen LogP contribution in [0, 0.1) is 5.82 Å². The van der Waals surface area contributed by atoms with Crippen LogP contribution in [0.3, 0.4) is 0 Å². The Hall–Kier alpha value is -2.55. The van der Waals surface area contributed by atoms with Crippen LogP contribution in [-0.4, -0.2) is 37.4 Å². The summed E-state index contributed by atoms with van der Waals surface area (Å²) in [5.74, 6) is -0.779. The van der Waals surface area contributed by atoms with E-state index in [0.29, 0.717) is 4.88 Å². The molecule has 2 heterocycles. The van der Waals surface area contributed by atoms with Gasteiger partial charge >= 0.3 is 0 Å². The monoisotopic (exact) mass is 445 g/mol. The zero-order valence-corrected chi connectivity index (χ0v) is 17.7. The summed E-state index contributed by atoms with van der Waals surface area (Å²) in [6.07, 6.45) is -0.747. The van der Waals surface area contributed by atoms with Crippen LogP contribution < -0.4 is 0 Å². The zero-order valence-electron chi connectivity index (χ0n) is 16.1. The molecule has 3 atom stereocenters. The number of carbonyl (C=O) groups is 1. The Morgan fingerprint density at radius 2 is 1.73 bits per heavy atom. The van der Waals surface area contributed by atoms with Gasteiger partial charge in [0.1, 0.15) is 16.1 Å². The third-order valence-electron chi connectivity index (χ3n) is 5.48. The van der Waals surface area contributed by atoms with Crippen LogP contribution in [0.1, 0.15) is 28.9 Å². The van der Waals surface area contributed by atoms with Gasteiger partial charge in [-0.05, 0) is 42.0 Å². The molecule has 1 unspecified atom stereocenters. The van der Waals surface area contributed by atoms with Crippen LogP contribution in [0.2, 0.25) is 0 Å². The Kier molecular flexibility index (Phi) is 5.48. The van der Waals surface area contributed by atoms with Crippen molar-refractivity contribution in [1.82, 2.24) is 4.90 Å². The number of carbonyl (C=O) groups excluding carboxylic acids is 1. The van der Waals surface area contributed by atoms with Gasteiger partial charge in [-0.15, -0.1) is 11.3 Å². The third kappa shape index (κ3) is 3.66. The van der Waals surface area contributed by atoms with Crippen molar-refractivity contribution in [3.05, 3.63) is 83.0 Å². The number of sulfone groups is 1. The van der Waals surface area contributed by atoms with Crippen molar-refractivity contribution in [2.24, 2.45) is 0 Å². The standard InChI is InChI=1S/C22H20FNO4S2/c1-24-19(25)13-17(14-5-3-2-4-6-14)21(24)22(26)18-11-12-20(29-18)30(27,28)16-9-7-15(23)8-10-16/h2-12,17,21-22,26H,13H2,1H3/t17-,21-,22?/m1/s1. The van der Waals surface area contributed by atoms with Crippen LogP contribution in [-0.2, 0) is 14.6 Å². The highest BCUT2D eigenvalue weighted by Gasteiger charge is 2.43. The van der Waals surface area contributed by atoms with Gasteiger partial charge in [0.05, 0.1) is 10.9 Å². The lowest BCUT2D eigenvalue weighted by molar-refractivity contribution is -0.128. The van der Waals surface area contributed by atoms with E-state index in [1.54, 1.807) is 13.1 Å². The maximum atomic E-state index is 13.1. The maximum Gasteiger partial charge on any atom is 0.223 e. The van der Waals surface area contributed by atoms with Crippen molar-refractivity contribution in [2.75, 3.05) is 7.05 Å². The molecule has 1 amide bonds. The average molecular weight is 446 g/mol. The number of aliphatic hydroxyl groups is 1. The van der Waals surface area contributed by atoms with E-state index in [2.05, 4.69) is 0 Å². The largest absolute Gasteiger partial charge is 0.385 e. The van der Waals surface area contributed by atoms with Crippen LogP contribution in [0.25, 0.3) is 0 Å². The van der Waals surface area contributed by atoms with Gasteiger partial charge in [-0.1, -0.05) is 30.3 Å². The molecule has 1 fully saturated rings. The van der Waals surface area contributed by atoms with Crippen LogP contribution in [0.4, 0.5) is 4.39 Å². The van der Waals surface area contributed by atoms with Crippen LogP contribution >= 0.6 is 11.3 Å². The smallest absolute Gasteiger partial charge is 0.223 e. The number of likely N-dealkylation sites (tertiary alicyclic amines) is 1. The number of nitrogens with zero attached hydrogens (tertiary/aromatic N) is 1. The number of rotatable bonds is 5. The Balaban J connectivity index is 1.65. The highest BCUT2D eigenvalue weighted by atomic mass is 32.2. The van der Waals surface area contributed by atoms with E-state index < -0.39 is 27.8 Å². The van der Waals surface area contributed by atoms with Crippen molar-refractivity contribution in [2.45, 2.75) is 33.6 Å². The van der Waals surface area contributed by atoms with Gasteiger partial charge in [-0.2, -0.15) is 0 Å². The lowest BCUT2D eigenvalue weighted by Crippen LogP contribution is -2.36. The number of benzene rings is 2. The molecule has 1 aliphatic heterocycles. The lowest BCUT2D eigenvalue weighted by Gasteiger charge is -2.29. The molecule has 156 valence electrons. The summed E-state index contributed by atoms with van der Waals surface area (Å²) < 4.78 is 38.9. The molecule has 3 aromatic rings. The molecule has 1 N–H and O–H groups in total. The minimum atomic E-state index is -3.82. The Morgan fingerprint density at radius 1 is 1.07 bits per heavy atom. The van der Waals surface area contributed by atoms with Gasteiger partial charge in [-0.3, -0.25) is 4.79 Å². The van der Waals surface area contributed by atoms with Gasteiger partial charge in [0.15, 0.2) is 0 Å². The van der Waals surface area contributed by atoms with Crippen molar-refractivity contribution >= 4 is 27.1 Å². The number of hydrogen-bond acceptors (Lipinski definition) is 5. The number of hydrogen-bond donors (Lipinski definition) is 1. The predicted molar refractivity (Wildman–Crippen MR) is 111 cm³/mol. The molecule has 1 aliphatic rings. The summed E-state index contributed by atoms with van der Waals surface area (Å²) in [7, 11) is -2.17. The topological polar surface area (TPSA) is 74.7 Å². The molecule has 2 aromatic carbocycles. The normalized spacial score (nSPS) is 20.5. The second-order valence-electron chi connectivity index (χ2n) is 7.28. The second-order valence-corrected chi connectivity index (χ2v) is 10.6. The first-order chi connectivity index (χ1) is 14.3. The fourth-order valence-corrected chi connectivity index (χ4v) is 6.63. The summed E-state index contributed by atoms with van der Waals surface area (Å²) in [5, 5.41) is 11.1. The predicted octanol–water partition coefficient (Wildman–Crippen LogP) is 3.77. The minimum Gasteiger partial charge on any atom is -0.385 e. The van der Waals surface area contributed by atoms with Gasteiger partial charge < -0.3 is 10.0 Å². The molecule has 5 nitrogen and oxygen atoms in total. The Bertz CT molecular complexity index is 1160. The maximum absolute atomic E-state index is 13.1. The van der Waals surface area contributed by atoms with E-state index in [-0.39, 0.29) is 27.4 Å². The summed E-state index contributed by atoms with van der Waals surface area (Å²) in [6, 6.07) is 16.7. The molecular formula is C22H20FNO4S2. The number of aliphatic hydroxyl groups excluding tert-OH is 1. The summed E-state index contributed by atoms with van der Waals surface area (Å²) in [4.78, 5) is 14.4. The minimum absolute atomic E-state index is 0.0119. The van der Waals surface area contributed by atoms with Crippen molar-refractivity contribution < 1.29 is 22.7 Å². The summed E-state index contributed by atoms with van der Waals surface area (Å²) >= 11 is 0.965. The third-order valence-corrected chi connectivity index (χ3v) is 8.90. The molecule has 0 aliphatic carbocycles.